The van der Waals surface area contributed by atoms with E-state index >= 15 is 0 Å². The number of amides is 2. The van der Waals surface area contributed by atoms with Crippen molar-refractivity contribution in [1.29, 1.82) is 0 Å². The van der Waals surface area contributed by atoms with Crippen molar-refractivity contribution in [1.82, 2.24) is 10.4 Å². The first-order valence-electron chi connectivity index (χ1n) is 11.9. The van der Waals surface area contributed by atoms with Gasteiger partial charge in [0, 0.05) is 35.6 Å². The van der Waals surface area contributed by atoms with Gasteiger partial charge >= 0.3 is 0 Å². The number of nitrogens with one attached hydrogen (secondary N) is 2. The standard InChI is InChI=1S/C29H26N4O3/c1-19-25-23(13-8-14-24(25)36-27(19)29(35)31-22-15-17-30-18-16-22)32-33-28(34)26(20-9-4-2-5-10-20)21-11-6-3-7-12-21/h2-7,9-12,15-18,26H,8,13-14H2,1H3,(H,33,34)(H,30,31,35)/b32-23+. The van der Waals surface area contributed by atoms with Crippen molar-refractivity contribution in [2.75, 3.05) is 5.32 Å². The summed E-state index contributed by atoms with van der Waals surface area (Å²) in [4.78, 5) is 30.2. The topological polar surface area (TPSA) is 96.6 Å². The van der Waals surface area contributed by atoms with Crippen molar-refractivity contribution in [3.63, 3.8) is 0 Å². The van der Waals surface area contributed by atoms with E-state index in [2.05, 4.69) is 20.8 Å². The molecule has 0 spiro atoms. The number of anilines is 1. The molecule has 180 valence electrons. The number of pyridine rings is 1. The van der Waals surface area contributed by atoms with Crippen LogP contribution in [-0.4, -0.2) is 22.5 Å². The lowest BCUT2D eigenvalue weighted by molar-refractivity contribution is -0.121. The van der Waals surface area contributed by atoms with Crippen molar-refractivity contribution in [3.05, 3.63) is 119 Å². The molecule has 36 heavy (non-hydrogen) atoms. The first kappa shape index (κ1) is 23.2. The number of carbonyl (C=O) groups is 2. The summed E-state index contributed by atoms with van der Waals surface area (Å²) in [6, 6.07) is 22.7. The predicted octanol–water partition coefficient (Wildman–Crippen LogP) is 5.22. The average molecular weight is 479 g/mol. The van der Waals surface area contributed by atoms with Crippen molar-refractivity contribution >= 4 is 23.2 Å². The van der Waals surface area contributed by atoms with E-state index in [9.17, 15) is 9.59 Å². The Labute approximate surface area is 209 Å². The van der Waals surface area contributed by atoms with Gasteiger partial charge in [-0.1, -0.05) is 60.7 Å². The van der Waals surface area contributed by atoms with Gasteiger partial charge in [0.15, 0.2) is 5.76 Å². The van der Waals surface area contributed by atoms with E-state index < -0.39 is 5.92 Å². The Morgan fingerprint density at radius 1 is 0.917 bits per heavy atom. The third-order valence-electron chi connectivity index (χ3n) is 6.30. The molecule has 0 atom stereocenters. The van der Waals surface area contributed by atoms with Gasteiger partial charge in [0.25, 0.3) is 11.8 Å². The lowest BCUT2D eigenvalue weighted by Crippen LogP contribution is -2.28. The molecule has 7 heteroatoms. The van der Waals surface area contributed by atoms with Gasteiger partial charge in [-0.3, -0.25) is 14.6 Å². The largest absolute Gasteiger partial charge is 0.455 e. The molecule has 1 aliphatic rings. The smallest absolute Gasteiger partial charge is 0.291 e. The van der Waals surface area contributed by atoms with Crippen LogP contribution in [0.25, 0.3) is 0 Å². The van der Waals surface area contributed by atoms with Gasteiger partial charge in [0.1, 0.15) is 5.76 Å². The minimum atomic E-state index is -0.494. The first-order chi connectivity index (χ1) is 17.6. The number of hydrogen-bond acceptors (Lipinski definition) is 5. The van der Waals surface area contributed by atoms with E-state index in [1.165, 1.54) is 0 Å². The molecule has 4 aromatic rings. The van der Waals surface area contributed by atoms with Crippen molar-refractivity contribution in [2.45, 2.75) is 32.1 Å². The van der Waals surface area contributed by atoms with Crippen LogP contribution in [0.2, 0.25) is 0 Å². The normalized spacial score (nSPS) is 13.9. The van der Waals surface area contributed by atoms with Crippen molar-refractivity contribution in [2.24, 2.45) is 5.10 Å². The van der Waals surface area contributed by atoms with E-state index in [-0.39, 0.29) is 17.6 Å². The highest BCUT2D eigenvalue weighted by atomic mass is 16.4. The molecule has 5 rings (SSSR count). The molecular formula is C29H26N4O3. The number of benzene rings is 2. The van der Waals surface area contributed by atoms with E-state index in [0.717, 1.165) is 23.1 Å². The Balaban J connectivity index is 1.41. The first-order valence-corrected chi connectivity index (χ1v) is 11.9. The molecular weight excluding hydrogens is 452 g/mol. The number of aromatic nitrogens is 1. The van der Waals surface area contributed by atoms with Crippen LogP contribution in [0, 0.1) is 6.92 Å². The number of hydrogen-bond donors (Lipinski definition) is 2. The molecule has 0 saturated carbocycles. The third kappa shape index (κ3) is 4.81. The molecule has 0 unspecified atom stereocenters. The Hall–Kier alpha value is -4.52. The number of furan rings is 1. The molecule has 0 bridgehead atoms. The molecule has 2 heterocycles. The fourth-order valence-corrected chi connectivity index (χ4v) is 4.59. The van der Waals surface area contributed by atoms with Crippen molar-refractivity contribution < 1.29 is 14.0 Å². The number of aryl methyl sites for hydroxylation is 1. The molecule has 7 nitrogen and oxygen atoms in total. The summed E-state index contributed by atoms with van der Waals surface area (Å²) in [6.07, 6.45) is 5.44. The van der Waals surface area contributed by atoms with Crippen LogP contribution in [0.5, 0.6) is 0 Å². The summed E-state index contributed by atoms with van der Waals surface area (Å²) in [5.74, 6) is -0.0704. The molecule has 2 amide bonds. The molecule has 0 radical (unpaired) electrons. The Morgan fingerprint density at radius 3 is 2.19 bits per heavy atom. The highest BCUT2D eigenvalue weighted by Crippen LogP contribution is 2.31. The maximum atomic E-state index is 13.4. The van der Waals surface area contributed by atoms with Gasteiger partial charge in [-0.05, 0) is 43.0 Å². The number of rotatable bonds is 6. The highest BCUT2D eigenvalue weighted by Gasteiger charge is 2.29. The van der Waals surface area contributed by atoms with E-state index in [0.29, 0.717) is 35.6 Å². The van der Waals surface area contributed by atoms with E-state index in [1.807, 2.05) is 67.6 Å². The second kappa shape index (κ2) is 10.4. The minimum absolute atomic E-state index is 0.219. The van der Waals surface area contributed by atoms with E-state index in [4.69, 9.17) is 4.42 Å². The van der Waals surface area contributed by atoms with Gasteiger partial charge in [0.05, 0.1) is 11.6 Å². The molecule has 1 aliphatic carbocycles. The van der Waals surface area contributed by atoms with Gasteiger partial charge in [-0.15, -0.1) is 0 Å². The Kier molecular flexibility index (Phi) is 6.71. The molecule has 0 saturated heterocycles. The van der Waals surface area contributed by atoms with Gasteiger partial charge < -0.3 is 9.73 Å². The number of nitrogens with zero attached hydrogens (tertiary/aromatic N) is 2. The maximum Gasteiger partial charge on any atom is 0.291 e. The van der Waals surface area contributed by atoms with Crippen LogP contribution >= 0.6 is 0 Å². The number of fused-ring (bicyclic) bond motifs is 1. The highest BCUT2D eigenvalue weighted by molar-refractivity contribution is 6.09. The lowest BCUT2D eigenvalue weighted by atomic mass is 9.90. The number of hydrazone groups is 1. The fourth-order valence-electron chi connectivity index (χ4n) is 4.59. The fraction of sp³-hybridized carbons (Fsp3) is 0.172. The van der Waals surface area contributed by atoms with Crippen molar-refractivity contribution in [3.8, 4) is 0 Å². The van der Waals surface area contributed by atoms with E-state index in [1.54, 1.807) is 24.5 Å². The van der Waals surface area contributed by atoms with Gasteiger partial charge in [-0.2, -0.15) is 5.10 Å². The monoisotopic (exact) mass is 478 g/mol. The quantitative estimate of drug-likeness (QED) is 0.371. The van der Waals surface area contributed by atoms with Crippen LogP contribution < -0.4 is 10.7 Å². The second-order valence-corrected chi connectivity index (χ2v) is 8.69. The zero-order valence-corrected chi connectivity index (χ0v) is 19.9. The summed E-state index contributed by atoms with van der Waals surface area (Å²) in [7, 11) is 0. The van der Waals surface area contributed by atoms with Crippen LogP contribution in [0.4, 0.5) is 5.69 Å². The Bertz CT molecular complexity index is 1360. The summed E-state index contributed by atoms with van der Waals surface area (Å²) < 4.78 is 5.97. The summed E-state index contributed by atoms with van der Waals surface area (Å²) in [6.45, 7) is 1.85. The van der Waals surface area contributed by atoms with Crippen LogP contribution in [0.3, 0.4) is 0 Å². The summed E-state index contributed by atoms with van der Waals surface area (Å²) >= 11 is 0. The lowest BCUT2D eigenvalue weighted by Gasteiger charge is -2.18. The minimum Gasteiger partial charge on any atom is -0.455 e. The third-order valence-corrected chi connectivity index (χ3v) is 6.30. The molecule has 2 N–H and O–H groups in total. The SMILES string of the molecule is Cc1c(C(=O)Nc2ccncc2)oc2c1/C(=N/NC(=O)C(c1ccccc1)c1ccccc1)CCC2. The van der Waals surface area contributed by atoms with Crippen LogP contribution in [0.15, 0.2) is 94.7 Å². The second-order valence-electron chi connectivity index (χ2n) is 8.69. The van der Waals surface area contributed by atoms with Gasteiger partial charge in [0.2, 0.25) is 0 Å². The number of carbonyl (C=O) groups excluding carboxylic acids is 2. The van der Waals surface area contributed by atoms with Crippen LogP contribution in [-0.2, 0) is 11.2 Å². The molecule has 0 aliphatic heterocycles. The summed E-state index contributed by atoms with van der Waals surface area (Å²) in [5, 5.41) is 7.37. The summed E-state index contributed by atoms with van der Waals surface area (Å²) in [5.41, 5.74) is 7.45. The predicted molar refractivity (Wildman–Crippen MR) is 138 cm³/mol. The maximum absolute atomic E-state index is 13.4. The van der Waals surface area contributed by atoms with Gasteiger partial charge in [-0.25, -0.2) is 5.43 Å². The average Bonchev–Trinajstić information content (AvgIpc) is 3.26. The van der Waals surface area contributed by atoms with Crippen LogP contribution in [0.1, 0.15) is 57.3 Å². The zero-order valence-electron chi connectivity index (χ0n) is 19.9. The Morgan fingerprint density at radius 2 is 1.56 bits per heavy atom. The molecule has 2 aromatic heterocycles. The molecule has 0 fully saturated rings. The zero-order chi connectivity index (χ0) is 24.9. The molecule has 2 aromatic carbocycles.